The molecular weight excluding hydrogens is 259 g/mol. The van der Waals surface area contributed by atoms with E-state index in [0.717, 1.165) is 0 Å². The van der Waals surface area contributed by atoms with Gasteiger partial charge in [-0.15, -0.1) is 0 Å². The monoisotopic (exact) mass is 278 g/mol. The van der Waals surface area contributed by atoms with E-state index in [0.29, 0.717) is 38.0 Å². The maximum absolute atomic E-state index is 12.8. The zero-order chi connectivity index (χ0) is 14.5. The molecular formula is C15H19FN2O2. The Hall–Kier alpha value is -1.91. The number of halogens is 1. The third kappa shape index (κ3) is 3.35. The maximum Gasteiger partial charge on any atom is 0.317 e. The van der Waals surface area contributed by atoms with Crippen molar-refractivity contribution in [3.63, 3.8) is 0 Å². The van der Waals surface area contributed by atoms with Crippen LogP contribution in [0, 0.1) is 11.7 Å². The van der Waals surface area contributed by atoms with Gasteiger partial charge in [-0.1, -0.05) is 0 Å². The lowest BCUT2D eigenvalue weighted by Crippen LogP contribution is -2.45. The van der Waals surface area contributed by atoms with Crippen molar-refractivity contribution in [2.75, 3.05) is 19.6 Å². The van der Waals surface area contributed by atoms with Crippen molar-refractivity contribution in [1.82, 2.24) is 10.2 Å². The summed E-state index contributed by atoms with van der Waals surface area (Å²) in [5.74, 6) is -0.376. The summed E-state index contributed by atoms with van der Waals surface area (Å²) in [5.41, 5.74) is 0.544. The molecule has 1 saturated heterocycles. The molecule has 4 nitrogen and oxygen atoms in total. The number of likely N-dealkylation sites (tertiary alicyclic amines) is 1. The number of urea groups is 1. The summed E-state index contributed by atoms with van der Waals surface area (Å²) >= 11 is 0. The number of carbonyl (C=O) groups excluding carboxylic acids is 2. The summed E-state index contributed by atoms with van der Waals surface area (Å²) in [6.45, 7) is 3.66. The summed E-state index contributed by atoms with van der Waals surface area (Å²) in [6.07, 6.45) is 1.32. The molecule has 0 spiro atoms. The zero-order valence-corrected chi connectivity index (χ0v) is 11.6. The van der Waals surface area contributed by atoms with Gasteiger partial charge in [-0.2, -0.15) is 0 Å². The molecule has 1 aromatic carbocycles. The van der Waals surface area contributed by atoms with Gasteiger partial charge in [0.2, 0.25) is 0 Å². The van der Waals surface area contributed by atoms with E-state index < -0.39 is 0 Å². The van der Waals surface area contributed by atoms with Crippen LogP contribution in [0.3, 0.4) is 0 Å². The van der Waals surface area contributed by atoms with Crippen LogP contribution in [0.1, 0.15) is 30.1 Å². The van der Waals surface area contributed by atoms with Gasteiger partial charge in [-0.3, -0.25) is 4.79 Å². The van der Waals surface area contributed by atoms with E-state index in [2.05, 4.69) is 5.32 Å². The van der Waals surface area contributed by atoms with Crippen LogP contribution in [-0.2, 0) is 0 Å². The molecule has 5 heteroatoms. The maximum atomic E-state index is 12.8. The lowest BCUT2D eigenvalue weighted by molar-refractivity contribution is 0.0854. The fraction of sp³-hybridized carbons (Fsp3) is 0.467. The number of piperidine rings is 1. The molecule has 0 aromatic heterocycles. The molecule has 0 atom stereocenters. The molecule has 2 amide bonds. The van der Waals surface area contributed by atoms with Gasteiger partial charge in [0, 0.05) is 31.1 Å². The average Bonchev–Trinajstić information content (AvgIpc) is 2.48. The van der Waals surface area contributed by atoms with E-state index in [1.807, 2.05) is 6.92 Å². The molecule has 0 radical (unpaired) electrons. The minimum atomic E-state index is -0.340. The Balaban J connectivity index is 1.92. The largest absolute Gasteiger partial charge is 0.338 e. The summed E-state index contributed by atoms with van der Waals surface area (Å²) < 4.78 is 12.8. The summed E-state index contributed by atoms with van der Waals surface area (Å²) in [4.78, 5) is 25.7. The van der Waals surface area contributed by atoms with Crippen LogP contribution < -0.4 is 5.32 Å². The van der Waals surface area contributed by atoms with Gasteiger partial charge in [0.15, 0.2) is 5.78 Å². The van der Waals surface area contributed by atoms with Gasteiger partial charge in [0.1, 0.15) is 5.82 Å². The zero-order valence-electron chi connectivity index (χ0n) is 11.6. The van der Waals surface area contributed by atoms with Crippen LogP contribution in [0.5, 0.6) is 0 Å². The van der Waals surface area contributed by atoms with Crippen LogP contribution in [0.2, 0.25) is 0 Å². The van der Waals surface area contributed by atoms with Gasteiger partial charge in [0.25, 0.3) is 0 Å². The van der Waals surface area contributed by atoms with Gasteiger partial charge in [0.05, 0.1) is 0 Å². The normalized spacial score (nSPS) is 16.0. The molecule has 0 unspecified atom stereocenters. The van der Waals surface area contributed by atoms with Crippen LogP contribution >= 0.6 is 0 Å². The van der Waals surface area contributed by atoms with Gasteiger partial charge in [-0.05, 0) is 44.0 Å². The lowest BCUT2D eigenvalue weighted by Gasteiger charge is -2.31. The number of hydrogen-bond acceptors (Lipinski definition) is 2. The minimum absolute atomic E-state index is 0.0422. The van der Waals surface area contributed by atoms with Crippen molar-refractivity contribution >= 4 is 11.8 Å². The number of hydrogen-bond donors (Lipinski definition) is 1. The number of benzene rings is 1. The van der Waals surface area contributed by atoms with Crippen molar-refractivity contribution in [2.45, 2.75) is 19.8 Å². The van der Waals surface area contributed by atoms with E-state index in [-0.39, 0.29) is 23.5 Å². The fourth-order valence-corrected chi connectivity index (χ4v) is 2.46. The molecule has 1 aliphatic heterocycles. The highest BCUT2D eigenvalue weighted by atomic mass is 19.1. The van der Waals surface area contributed by atoms with Gasteiger partial charge >= 0.3 is 6.03 Å². The fourth-order valence-electron chi connectivity index (χ4n) is 2.46. The predicted octanol–water partition coefficient (Wildman–Crippen LogP) is 2.45. The number of carbonyl (C=O) groups is 2. The predicted molar refractivity (Wildman–Crippen MR) is 74.1 cm³/mol. The second-order valence-corrected chi connectivity index (χ2v) is 4.97. The third-order valence-electron chi connectivity index (χ3n) is 3.61. The van der Waals surface area contributed by atoms with Crippen molar-refractivity contribution < 1.29 is 14.0 Å². The molecule has 1 fully saturated rings. The molecule has 1 aliphatic rings. The van der Waals surface area contributed by atoms with Crippen molar-refractivity contribution in [2.24, 2.45) is 5.92 Å². The Labute approximate surface area is 118 Å². The van der Waals surface area contributed by atoms with E-state index in [1.54, 1.807) is 4.90 Å². The van der Waals surface area contributed by atoms with Crippen molar-refractivity contribution in [3.05, 3.63) is 35.6 Å². The molecule has 20 heavy (non-hydrogen) atoms. The molecule has 1 heterocycles. The molecule has 0 aliphatic carbocycles. The minimum Gasteiger partial charge on any atom is -0.338 e. The number of amides is 2. The standard InChI is InChI=1S/C15H19FN2O2/c1-2-17-15(20)18-9-7-12(8-10-18)14(19)11-3-5-13(16)6-4-11/h3-6,12H,2,7-10H2,1H3,(H,17,20). The topological polar surface area (TPSA) is 49.4 Å². The first-order valence-corrected chi connectivity index (χ1v) is 6.94. The number of ketones is 1. The molecule has 1 N–H and O–H groups in total. The Bertz CT molecular complexity index is 479. The van der Waals surface area contributed by atoms with Gasteiger partial charge < -0.3 is 10.2 Å². The lowest BCUT2D eigenvalue weighted by atomic mass is 9.89. The molecule has 0 bridgehead atoms. The summed E-state index contributed by atoms with van der Waals surface area (Å²) in [5, 5.41) is 2.76. The van der Waals surface area contributed by atoms with Crippen molar-refractivity contribution in [1.29, 1.82) is 0 Å². The average molecular weight is 278 g/mol. The number of nitrogens with zero attached hydrogens (tertiary/aromatic N) is 1. The highest BCUT2D eigenvalue weighted by Crippen LogP contribution is 2.22. The van der Waals surface area contributed by atoms with E-state index in [9.17, 15) is 14.0 Å². The Morgan fingerprint density at radius 1 is 1.25 bits per heavy atom. The Morgan fingerprint density at radius 3 is 2.40 bits per heavy atom. The highest BCUT2D eigenvalue weighted by molar-refractivity contribution is 5.98. The first-order valence-electron chi connectivity index (χ1n) is 6.94. The SMILES string of the molecule is CCNC(=O)N1CCC(C(=O)c2ccc(F)cc2)CC1. The number of nitrogens with one attached hydrogen (secondary N) is 1. The Kier molecular flexibility index (Phi) is 4.71. The van der Waals surface area contributed by atoms with E-state index >= 15 is 0 Å². The second kappa shape index (κ2) is 6.50. The molecule has 108 valence electrons. The van der Waals surface area contributed by atoms with Crippen LogP contribution in [0.25, 0.3) is 0 Å². The third-order valence-corrected chi connectivity index (χ3v) is 3.61. The number of rotatable bonds is 3. The molecule has 2 rings (SSSR count). The first kappa shape index (κ1) is 14.5. The van der Waals surface area contributed by atoms with Crippen LogP contribution in [-0.4, -0.2) is 36.3 Å². The molecule has 1 aromatic rings. The quantitative estimate of drug-likeness (QED) is 0.863. The summed E-state index contributed by atoms with van der Waals surface area (Å²) in [7, 11) is 0. The first-order chi connectivity index (χ1) is 9.61. The van der Waals surface area contributed by atoms with Crippen LogP contribution in [0.4, 0.5) is 9.18 Å². The van der Waals surface area contributed by atoms with Gasteiger partial charge in [-0.25, -0.2) is 9.18 Å². The Morgan fingerprint density at radius 2 is 1.85 bits per heavy atom. The highest BCUT2D eigenvalue weighted by Gasteiger charge is 2.27. The van der Waals surface area contributed by atoms with E-state index in [1.165, 1.54) is 24.3 Å². The number of Topliss-reactive ketones (excluding diaryl/α,β-unsaturated/α-hetero) is 1. The van der Waals surface area contributed by atoms with Crippen LogP contribution in [0.15, 0.2) is 24.3 Å². The second-order valence-electron chi connectivity index (χ2n) is 4.97. The molecule has 0 saturated carbocycles. The smallest absolute Gasteiger partial charge is 0.317 e. The van der Waals surface area contributed by atoms with E-state index in [4.69, 9.17) is 0 Å². The summed E-state index contributed by atoms with van der Waals surface area (Å²) in [6, 6.07) is 5.58. The van der Waals surface area contributed by atoms with Crippen molar-refractivity contribution in [3.8, 4) is 0 Å².